The van der Waals surface area contributed by atoms with Gasteiger partial charge in [-0.1, -0.05) is 42.5 Å². The minimum Gasteiger partial charge on any atom is -0.434 e. The zero-order chi connectivity index (χ0) is 35.0. The van der Waals surface area contributed by atoms with Gasteiger partial charge in [-0.05, 0) is 84.4 Å². The predicted molar refractivity (Wildman–Crippen MR) is 190 cm³/mol. The van der Waals surface area contributed by atoms with Crippen molar-refractivity contribution in [1.82, 2.24) is 19.9 Å². The molecular formula is C34H40BrN5O7S2. The molecule has 1 aliphatic heterocycles. The number of aryl methyl sites for hydroxylation is 1. The number of halogens is 1. The Labute approximate surface area is 298 Å². The Bertz CT molecular complexity index is 1820. The maximum atomic E-state index is 14.2. The van der Waals surface area contributed by atoms with E-state index in [1.165, 1.54) is 16.2 Å². The molecule has 0 radical (unpaired) electrons. The van der Waals surface area contributed by atoms with Gasteiger partial charge in [0.2, 0.25) is 27.6 Å². The smallest absolute Gasteiger partial charge is 0.266 e. The highest BCUT2D eigenvalue weighted by molar-refractivity contribution is 9.11. The third-order valence-electron chi connectivity index (χ3n) is 8.24. The molecule has 262 valence electrons. The molecule has 3 heterocycles. The van der Waals surface area contributed by atoms with E-state index in [9.17, 15) is 22.8 Å². The fraction of sp³-hybridized carbons (Fsp3) is 0.412. The minimum atomic E-state index is -3.79. The summed E-state index contributed by atoms with van der Waals surface area (Å²) in [6, 6.07) is 17.1. The number of ketones is 1. The normalized spacial score (nSPS) is 17.7. The maximum Gasteiger partial charge on any atom is 0.266 e. The first-order chi connectivity index (χ1) is 23.5. The second-order valence-electron chi connectivity index (χ2n) is 12.0. The number of benzene rings is 2. The number of sulfonamides is 1. The van der Waals surface area contributed by atoms with Crippen molar-refractivity contribution in [2.75, 3.05) is 19.3 Å². The summed E-state index contributed by atoms with van der Waals surface area (Å²) in [6.07, 6.45) is 2.72. The molecule has 2 aromatic carbocycles. The fourth-order valence-electron chi connectivity index (χ4n) is 5.84. The van der Waals surface area contributed by atoms with Crippen molar-refractivity contribution in [3.05, 3.63) is 86.8 Å². The fourth-order valence-corrected chi connectivity index (χ4v) is 7.98. The molecule has 4 aromatic rings. The van der Waals surface area contributed by atoms with Gasteiger partial charge in [0, 0.05) is 17.8 Å². The highest BCUT2D eigenvalue weighted by Crippen LogP contribution is 2.27. The number of carbonyl (C=O) groups excluding carboxylic acids is 3. The van der Waals surface area contributed by atoms with E-state index >= 15 is 0 Å². The van der Waals surface area contributed by atoms with Crippen LogP contribution in [0.2, 0.25) is 0 Å². The van der Waals surface area contributed by atoms with Gasteiger partial charge in [0.15, 0.2) is 5.58 Å². The number of rotatable bonds is 17. The molecule has 2 aromatic heterocycles. The van der Waals surface area contributed by atoms with Crippen molar-refractivity contribution in [3.63, 3.8) is 0 Å². The molecule has 0 saturated carbocycles. The van der Waals surface area contributed by atoms with Gasteiger partial charge in [-0.2, -0.15) is 0 Å². The van der Waals surface area contributed by atoms with Gasteiger partial charge in [-0.25, -0.2) is 18.1 Å². The molecule has 0 unspecified atom stereocenters. The number of nitrogens with zero attached hydrogens (tertiary/aromatic N) is 2. The van der Waals surface area contributed by atoms with E-state index in [0.29, 0.717) is 36.9 Å². The number of para-hydroxylation sites is 2. The van der Waals surface area contributed by atoms with Crippen molar-refractivity contribution in [3.8, 4) is 0 Å². The van der Waals surface area contributed by atoms with E-state index < -0.39 is 51.9 Å². The molecule has 0 aliphatic carbocycles. The number of fused-ring (bicyclic) bond motifs is 1. The number of thiophene rings is 1. The maximum absolute atomic E-state index is 14.2. The lowest BCUT2D eigenvalue weighted by atomic mass is 10.0. The summed E-state index contributed by atoms with van der Waals surface area (Å²) in [5, 5.41) is 2.87. The number of aromatic nitrogens is 1. The number of nitrogens with one attached hydrogen (secondary N) is 2. The number of unbranched alkanes of at least 4 members (excludes halogenated alkanes) is 1. The van der Waals surface area contributed by atoms with Gasteiger partial charge in [-0.15, -0.1) is 11.3 Å². The summed E-state index contributed by atoms with van der Waals surface area (Å²) in [6.45, 7) is 0.752. The summed E-state index contributed by atoms with van der Waals surface area (Å²) in [7, 11) is -3.79. The first kappa shape index (κ1) is 36.8. The van der Waals surface area contributed by atoms with Gasteiger partial charge in [-0.3, -0.25) is 14.4 Å². The van der Waals surface area contributed by atoms with Crippen LogP contribution in [0.5, 0.6) is 0 Å². The largest absolute Gasteiger partial charge is 0.434 e. The Kier molecular flexibility index (Phi) is 12.7. The molecule has 1 saturated heterocycles. The van der Waals surface area contributed by atoms with Crippen LogP contribution in [-0.4, -0.2) is 79.5 Å². The molecule has 4 atom stereocenters. The summed E-state index contributed by atoms with van der Waals surface area (Å²) in [5.74, 6) is -1.72. The van der Waals surface area contributed by atoms with E-state index in [-0.39, 0.29) is 38.3 Å². The summed E-state index contributed by atoms with van der Waals surface area (Å²) < 4.78 is 40.2. The van der Waals surface area contributed by atoms with Gasteiger partial charge in [0.1, 0.15) is 17.6 Å². The van der Waals surface area contributed by atoms with E-state index in [2.05, 4.69) is 31.0 Å². The van der Waals surface area contributed by atoms with Gasteiger partial charge < -0.3 is 25.1 Å². The molecule has 4 N–H and O–H groups in total. The second-order valence-corrected chi connectivity index (χ2v) is 16.4. The molecule has 15 heteroatoms. The minimum absolute atomic E-state index is 0.0632. The van der Waals surface area contributed by atoms with Crippen molar-refractivity contribution >= 4 is 66.0 Å². The zero-order valence-electron chi connectivity index (χ0n) is 27.0. The number of ether oxygens (including phenoxy) is 1. The number of hydrogen-bond acceptors (Lipinski definition) is 10. The number of hydrogen-bond donors (Lipinski definition) is 3. The molecule has 1 fully saturated rings. The topological polar surface area (TPSA) is 174 Å². The van der Waals surface area contributed by atoms with Gasteiger partial charge in [0.05, 0.1) is 28.8 Å². The third-order valence-corrected chi connectivity index (χ3v) is 10.6. The average molecular weight is 775 g/mol. The van der Waals surface area contributed by atoms with Crippen LogP contribution in [-0.2, 0) is 37.4 Å². The molecular weight excluding hydrogens is 734 g/mol. The van der Waals surface area contributed by atoms with Crippen LogP contribution in [0.25, 0.3) is 11.1 Å². The van der Waals surface area contributed by atoms with E-state index in [1.54, 1.807) is 24.3 Å². The molecule has 12 nitrogen and oxygen atoms in total. The highest BCUT2D eigenvalue weighted by atomic mass is 79.9. The van der Waals surface area contributed by atoms with Crippen molar-refractivity contribution in [2.24, 2.45) is 5.73 Å². The number of oxazole rings is 1. The van der Waals surface area contributed by atoms with Crippen molar-refractivity contribution < 1.29 is 32.0 Å². The Morgan fingerprint density at radius 2 is 1.82 bits per heavy atom. The van der Waals surface area contributed by atoms with Crippen LogP contribution < -0.4 is 15.8 Å². The van der Waals surface area contributed by atoms with Crippen molar-refractivity contribution in [2.45, 2.75) is 69.4 Å². The average Bonchev–Trinajstić information content (AvgIpc) is 3.83. The lowest BCUT2D eigenvalue weighted by Crippen LogP contribution is -2.55. The predicted octanol–water partition coefficient (Wildman–Crippen LogP) is 4.19. The summed E-state index contributed by atoms with van der Waals surface area (Å²) in [4.78, 5) is 48.6. The van der Waals surface area contributed by atoms with E-state index in [0.717, 1.165) is 20.5 Å². The number of carbonyl (C=O) groups is 3. The summed E-state index contributed by atoms with van der Waals surface area (Å²) >= 11 is 4.97. The molecule has 5 rings (SSSR count). The summed E-state index contributed by atoms with van der Waals surface area (Å²) in [5.41, 5.74) is 7.62. The molecule has 1 aliphatic rings. The zero-order valence-corrected chi connectivity index (χ0v) is 30.3. The standard InChI is InChI=1S/C34H40BrN5O7S2/c1-49(44,45)39-27(16-14-22-9-3-2-4-10-22)34(43)40-20-23(46-21-24-15-17-30(35)48-24)19-28(40)32(42)37-26(12-7-8-18-36)31(41)33-38-25-11-5-6-13-29(25)47-33/h2-6,9-11,13,15,17,23,26-28,39H,7-8,12,14,16,18-21,36H2,1H3,(H,37,42)/t23-,26+,27-,28+/m1/s1. The molecule has 0 bridgehead atoms. The van der Waals surface area contributed by atoms with Crippen LogP contribution in [0.15, 0.2) is 74.9 Å². The van der Waals surface area contributed by atoms with Crippen LogP contribution in [0.4, 0.5) is 0 Å². The van der Waals surface area contributed by atoms with Gasteiger partial charge >= 0.3 is 0 Å². The molecule has 49 heavy (non-hydrogen) atoms. The van der Waals surface area contributed by atoms with E-state index in [4.69, 9.17) is 14.9 Å². The SMILES string of the molecule is CS(=O)(=O)N[C@H](CCc1ccccc1)C(=O)N1C[C@H](OCc2ccc(Br)s2)C[C@H]1C(=O)N[C@@H](CCCCN)C(=O)c1nc2ccccc2o1. The van der Waals surface area contributed by atoms with Crippen LogP contribution in [0, 0.1) is 0 Å². The number of Topliss-reactive ketones (excluding diaryl/α,β-unsaturated/α-hetero) is 1. The Morgan fingerprint density at radius 3 is 2.51 bits per heavy atom. The highest BCUT2D eigenvalue weighted by Gasteiger charge is 2.43. The van der Waals surface area contributed by atoms with E-state index in [1.807, 2.05) is 42.5 Å². The lowest BCUT2D eigenvalue weighted by molar-refractivity contribution is -0.140. The Hall–Kier alpha value is -3.47. The molecule has 0 spiro atoms. The number of likely N-dealkylation sites (tertiary alicyclic amines) is 1. The first-order valence-electron chi connectivity index (χ1n) is 16.1. The number of nitrogens with two attached hydrogens (primary N) is 1. The Morgan fingerprint density at radius 1 is 1.06 bits per heavy atom. The molecule has 2 amide bonds. The van der Waals surface area contributed by atoms with Gasteiger partial charge in [0.25, 0.3) is 5.89 Å². The second kappa shape index (κ2) is 17.0. The Balaban J connectivity index is 1.38. The lowest BCUT2D eigenvalue weighted by Gasteiger charge is -2.29. The first-order valence-corrected chi connectivity index (χ1v) is 19.6. The monoisotopic (exact) mass is 773 g/mol. The van der Waals surface area contributed by atoms with Crippen LogP contribution >= 0.6 is 27.3 Å². The van der Waals surface area contributed by atoms with Crippen molar-refractivity contribution in [1.29, 1.82) is 0 Å². The van der Waals surface area contributed by atoms with Crippen LogP contribution in [0.1, 0.15) is 53.2 Å². The number of amides is 2. The quantitative estimate of drug-likeness (QED) is 0.105. The van der Waals surface area contributed by atoms with Crippen LogP contribution in [0.3, 0.4) is 0 Å². The third kappa shape index (κ3) is 10.3.